The van der Waals surface area contributed by atoms with E-state index in [1.165, 1.54) is 29.4 Å². The van der Waals surface area contributed by atoms with E-state index in [0.717, 1.165) is 16.8 Å². The molecule has 4 aromatic rings. The molecule has 0 bridgehead atoms. The third kappa shape index (κ3) is 3.82. The zero-order valence-corrected chi connectivity index (χ0v) is 18.2. The van der Waals surface area contributed by atoms with E-state index in [-0.39, 0.29) is 45.5 Å². The molecule has 2 aromatic heterocycles. The number of imidazole rings is 1. The minimum Gasteiger partial charge on any atom is -0.395 e. The number of nitrogens with zero attached hydrogens (tertiary/aromatic N) is 4. The average molecular weight is 501 g/mol. The van der Waals surface area contributed by atoms with E-state index in [2.05, 4.69) is 24.5 Å². The standard InChI is InChI=1S/C23H15F4N5O4/c24-12-5-11(6-13(25)7-12)19-20-21(29-10-28-20)22(34)31(30-19)9-18(33)32(14-1-2-14)15-3-4-16-17(8-15)36-23(26,27)35-16/h3-8,10,14H,1-2,9H2,(H,28,29). The monoisotopic (exact) mass is 501 g/mol. The molecule has 1 N–H and O–H groups in total. The summed E-state index contributed by atoms with van der Waals surface area (Å²) in [6.45, 7) is -0.528. The Morgan fingerprint density at radius 1 is 1.11 bits per heavy atom. The van der Waals surface area contributed by atoms with Gasteiger partial charge in [0.1, 0.15) is 34.9 Å². The van der Waals surface area contributed by atoms with Crippen molar-refractivity contribution in [3.63, 3.8) is 0 Å². The number of aromatic nitrogens is 4. The van der Waals surface area contributed by atoms with Crippen molar-refractivity contribution in [2.75, 3.05) is 4.90 Å². The van der Waals surface area contributed by atoms with Gasteiger partial charge >= 0.3 is 6.29 Å². The van der Waals surface area contributed by atoms with Crippen LogP contribution < -0.4 is 19.9 Å². The molecule has 0 atom stereocenters. The number of fused-ring (bicyclic) bond motifs is 2. The van der Waals surface area contributed by atoms with Crippen LogP contribution in [0.1, 0.15) is 12.8 Å². The molecule has 1 amide bonds. The molecule has 0 saturated heterocycles. The number of carbonyl (C=O) groups is 1. The Bertz CT molecular complexity index is 1580. The fourth-order valence-corrected chi connectivity index (χ4v) is 4.15. The van der Waals surface area contributed by atoms with Crippen LogP contribution in [0.4, 0.5) is 23.2 Å². The van der Waals surface area contributed by atoms with Crippen molar-refractivity contribution < 1.29 is 31.8 Å². The number of halogens is 4. The first-order chi connectivity index (χ1) is 17.2. The van der Waals surface area contributed by atoms with Gasteiger partial charge in [-0.3, -0.25) is 9.59 Å². The quantitative estimate of drug-likeness (QED) is 0.420. The fourth-order valence-electron chi connectivity index (χ4n) is 4.15. The van der Waals surface area contributed by atoms with Crippen LogP contribution in [0.15, 0.2) is 47.5 Å². The highest BCUT2D eigenvalue weighted by Crippen LogP contribution is 2.44. The van der Waals surface area contributed by atoms with Crippen LogP contribution in [0, 0.1) is 11.6 Å². The van der Waals surface area contributed by atoms with Crippen LogP contribution in [0.25, 0.3) is 22.3 Å². The summed E-state index contributed by atoms with van der Waals surface area (Å²) in [5.74, 6) is -2.63. The van der Waals surface area contributed by atoms with Gasteiger partial charge in [-0.15, -0.1) is 8.78 Å². The van der Waals surface area contributed by atoms with Gasteiger partial charge in [0.2, 0.25) is 5.91 Å². The summed E-state index contributed by atoms with van der Waals surface area (Å²) in [6.07, 6.45) is -1.23. The number of alkyl halides is 2. The van der Waals surface area contributed by atoms with Gasteiger partial charge in [-0.05, 0) is 37.1 Å². The number of benzene rings is 2. The van der Waals surface area contributed by atoms with E-state index in [4.69, 9.17) is 0 Å². The van der Waals surface area contributed by atoms with Crippen molar-refractivity contribution in [1.29, 1.82) is 0 Å². The van der Waals surface area contributed by atoms with Gasteiger partial charge in [0, 0.05) is 29.4 Å². The molecule has 36 heavy (non-hydrogen) atoms. The van der Waals surface area contributed by atoms with Crippen LogP contribution in [-0.2, 0) is 11.3 Å². The minimum atomic E-state index is -3.81. The number of rotatable bonds is 5. The van der Waals surface area contributed by atoms with Crippen LogP contribution in [0.2, 0.25) is 0 Å². The Morgan fingerprint density at radius 2 is 1.83 bits per heavy atom. The zero-order chi connectivity index (χ0) is 25.2. The molecule has 13 heteroatoms. The smallest absolute Gasteiger partial charge is 0.395 e. The predicted octanol–water partition coefficient (Wildman–Crippen LogP) is 3.58. The number of ether oxygens (including phenoxy) is 2. The van der Waals surface area contributed by atoms with Crippen molar-refractivity contribution in [2.45, 2.75) is 31.7 Å². The molecule has 1 saturated carbocycles. The summed E-state index contributed by atoms with van der Waals surface area (Å²) in [5, 5.41) is 4.19. The van der Waals surface area contributed by atoms with Gasteiger partial charge in [0.05, 0.1) is 6.33 Å². The largest absolute Gasteiger partial charge is 0.586 e. The van der Waals surface area contributed by atoms with Crippen LogP contribution >= 0.6 is 0 Å². The lowest BCUT2D eigenvalue weighted by Gasteiger charge is -2.23. The fraction of sp³-hybridized carbons (Fsp3) is 0.217. The number of carbonyl (C=O) groups excluding carboxylic acids is 1. The van der Waals surface area contributed by atoms with Crippen molar-refractivity contribution >= 4 is 22.6 Å². The van der Waals surface area contributed by atoms with Crippen LogP contribution in [0.5, 0.6) is 11.5 Å². The highest BCUT2D eigenvalue weighted by molar-refractivity contribution is 5.95. The summed E-state index contributed by atoms with van der Waals surface area (Å²) in [4.78, 5) is 34.5. The maximum absolute atomic E-state index is 13.9. The lowest BCUT2D eigenvalue weighted by atomic mass is 10.1. The highest BCUT2D eigenvalue weighted by Gasteiger charge is 2.44. The molecule has 6 rings (SSSR count). The summed E-state index contributed by atoms with van der Waals surface area (Å²) in [7, 11) is 0. The summed E-state index contributed by atoms with van der Waals surface area (Å²) in [6, 6.07) is 6.54. The molecule has 184 valence electrons. The topological polar surface area (TPSA) is 102 Å². The lowest BCUT2D eigenvalue weighted by molar-refractivity contribution is -0.286. The van der Waals surface area contributed by atoms with Crippen LogP contribution in [0.3, 0.4) is 0 Å². The van der Waals surface area contributed by atoms with E-state index in [1.54, 1.807) is 0 Å². The molecule has 1 aliphatic heterocycles. The molecule has 0 radical (unpaired) electrons. The summed E-state index contributed by atoms with van der Waals surface area (Å²) < 4.78 is 64.4. The number of amides is 1. The third-order valence-electron chi connectivity index (χ3n) is 5.80. The molecule has 2 aliphatic rings. The second-order valence-corrected chi connectivity index (χ2v) is 8.39. The normalized spacial score (nSPS) is 15.9. The second-order valence-electron chi connectivity index (χ2n) is 8.39. The lowest BCUT2D eigenvalue weighted by Crippen LogP contribution is -2.39. The SMILES string of the molecule is O=C(Cn1nc(-c2cc(F)cc(F)c2)c2nc[nH]c2c1=O)N(c1ccc2c(c1)OC(F)(F)O2)C1CC1. The Balaban J connectivity index is 1.38. The summed E-state index contributed by atoms with van der Waals surface area (Å²) >= 11 is 0. The molecule has 1 fully saturated rings. The first-order valence-electron chi connectivity index (χ1n) is 10.8. The van der Waals surface area contributed by atoms with E-state index < -0.39 is 35.9 Å². The van der Waals surface area contributed by atoms with Crippen molar-refractivity contribution in [3.05, 3.63) is 64.7 Å². The van der Waals surface area contributed by atoms with Crippen molar-refractivity contribution in [3.8, 4) is 22.8 Å². The van der Waals surface area contributed by atoms with Crippen LogP contribution in [-0.4, -0.2) is 38.0 Å². The third-order valence-corrected chi connectivity index (χ3v) is 5.80. The van der Waals surface area contributed by atoms with E-state index in [0.29, 0.717) is 18.9 Å². The van der Waals surface area contributed by atoms with Gasteiger partial charge in [0.25, 0.3) is 5.56 Å². The van der Waals surface area contributed by atoms with Gasteiger partial charge < -0.3 is 19.4 Å². The van der Waals surface area contributed by atoms with E-state index in [9.17, 15) is 27.2 Å². The number of aromatic amines is 1. The average Bonchev–Trinajstić information content (AvgIpc) is 3.40. The number of nitrogens with one attached hydrogen (secondary N) is 1. The molecular weight excluding hydrogens is 486 g/mol. The number of hydrogen-bond acceptors (Lipinski definition) is 6. The Labute approximate surface area is 198 Å². The number of anilines is 1. The van der Waals surface area contributed by atoms with Gasteiger partial charge in [-0.1, -0.05) is 0 Å². The Morgan fingerprint density at radius 3 is 2.56 bits per heavy atom. The highest BCUT2D eigenvalue weighted by atomic mass is 19.3. The maximum atomic E-state index is 13.9. The summed E-state index contributed by atoms with van der Waals surface area (Å²) in [5.41, 5.74) is -0.268. The number of H-pyrrole nitrogens is 1. The first kappa shape index (κ1) is 22.1. The van der Waals surface area contributed by atoms with Gasteiger partial charge in [0.15, 0.2) is 11.5 Å². The molecule has 1 aliphatic carbocycles. The van der Waals surface area contributed by atoms with E-state index >= 15 is 0 Å². The molecular formula is C23H15F4N5O4. The van der Waals surface area contributed by atoms with Gasteiger partial charge in [-0.2, -0.15) is 5.10 Å². The first-order valence-corrected chi connectivity index (χ1v) is 10.8. The molecule has 0 spiro atoms. The van der Waals surface area contributed by atoms with Crippen molar-refractivity contribution in [1.82, 2.24) is 19.7 Å². The Kier molecular flexibility index (Phi) is 4.78. The molecule has 3 heterocycles. The number of hydrogen-bond donors (Lipinski definition) is 1. The molecule has 9 nitrogen and oxygen atoms in total. The van der Waals surface area contributed by atoms with Gasteiger partial charge in [-0.25, -0.2) is 18.4 Å². The zero-order valence-electron chi connectivity index (χ0n) is 18.2. The predicted molar refractivity (Wildman–Crippen MR) is 117 cm³/mol. The molecule has 0 unspecified atom stereocenters. The minimum absolute atomic E-state index is 0.000308. The van der Waals surface area contributed by atoms with Crippen molar-refractivity contribution in [2.24, 2.45) is 0 Å². The van der Waals surface area contributed by atoms with E-state index in [1.807, 2.05) is 0 Å². The second kappa shape index (κ2) is 7.80. The maximum Gasteiger partial charge on any atom is 0.586 e. The Hall–Kier alpha value is -4.42. The molecule has 2 aromatic carbocycles.